The highest BCUT2D eigenvalue weighted by Crippen LogP contribution is 2.26. The Kier molecular flexibility index (Phi) is 7.48. The molecule has 0 saturated heterocycles. The maximum atomic E-state index is 14.0. The van der Waals surface area contributed by atoms with Crippen molar-refractivity contribution in [3.63, 3.8) is 0 Å². The van der Waals surface area contributed by atoms with Crippen LogP contribution in [0.15, 0.2) is 77.6 Å². The number of rotatable bonds is 8. The third kappa shape index (κ3) is 5.15. The second-order valence-corrected chi connectivity index (χ2v) is 9.19. The van der Waals surface area contributed by atoms with Crippen LogP contribution in [0.1, 0.15) is 49.4 Å². The van der Waals surface area contributed by atoms with Crippen LogP contribution >= 0.6 is 0 Å². The minimum Gasteiger partial charge on any atom is -0.497 e. The van der Waals surface area contributed by atoms with Crippen molar-refractivity contribution in [1.29, 1.82) is 0 Å². The molecular weight excluding hydrogens is 457 g/mol. The zero-order chi connectivity index (χ0) is 25.8. The van der Waals surface area contributed by atoms with Crippen LogP contribution in [0.3, 0.4) is 0 Å². The van der Waals surface area contributed by atoms with Crippen LogP contribution in [0, 0.1) is 11.7 Å². The number of fused-ring (bicyclic) bond motifs is 1. The third-order valence-electron chi connectivity index (χ3n) is 6.25. The Bertz CT molecular complexity index is 1430. The lowest BCUT2D eigenvalue weighted by atomic mass is 10.1. The van der Waals surface area contributed by atoms with E-state index in [-0.39, 0.29) is 17.0 Å². The van der Waals surface area contributed by atoms with Crippen LogP contribution in [0.5, 0.6) is 5.75 Å². The Morgan fingerprint density at radius 1 is 1.03 bits per heavy atom. The third-order valence-corrected chi connectivity index (χ3v) is 6.25. The van der Waals surface area contributed by atoms with E-state index in [1.165, 1.54) is 18.2 Å². The van der Waals surface area contributed by atoms with Gasteiger partial charge in [-0.2, -0.15) is 0 Å². The molecule has 186 valence electrons. The zero-order valence-electron chi connectivity index (χ0n) is 20.9. The van der Waals surface area contributed by atoms with E-state index in [2.05, 4.69) is 13.8 Å². The average Bonchev–Trinajstić information content (AvgIpc) is 2.88. The largest absolute Gasteiger partial charge is 0.497 e. The standard InChI is InChI=1S/C29H30FN3O3/c1-19(2)16-17-32(28(34)21-8-7-9-22(30)18-21)20(3)27-31-26-11-6-5-10-25(26)29(35)33(27)23-12-14-24(36-4)15-13-23/h5-15,18-20H,16-17H2,1-4H3. The van der Waals surface area contributed by atoms with Gasteiger partial charge in [0, 0.05) is 12.1 Å². The second kappa shape index (κ2) is 10.7. The van der Waals surface area contributed by atoms with Crippen LogP contribution < -0.4 is 10.3 Å². The van der Waals surface area contributed by atoms with Gasteiger partial charge in [0.1, 0.15) is 17.4 Å². The number of halogens is 1. The van der Waals surface area contributed by atoms with Crippen LogP contribution in [0.4, 0.5) is 4.39 Å². The van der Waals surface area contributed by atoms with Crippen molar-refractivity contribution in [2.45, 2.75) is 33.2 Å². The number of carbonyl (C=O) groups excluding carboxylic acids is 1. The number of amides is 1. The second-order valence-electron chi connectivity index (χ2n) is 9.19. The quantitative estimate of drug-likeness (QED) is 0.316. The maximum absolute atomic E-state index is 14.0. The van der Waals surface area contributed by atoms with E-state index in [0.29, 0.717) is 40.6 Å². The molecule has 3 aromatic carbocycles. The number of hydrogen-bond donors (Lipinski definition) is 0. The first-order valence-corrected chi connectivity index (χ1v) is 12.0. The van der Waals surface area contributed by atoms with E-state index in [0.717, 1.165) is 6.42 Å². The van der Waals surface area contributed by atoms with E-state index in [1.54, 1.807) is 65.1 Å². The molecule has 4 aromatic rings. The van der Waals surface area contributed by atoms with Gasteiger partial charge in [-0.25, -0.2) is 9.37 Å². The molecule has 1 unspecified atom stereocenters. The summed E-state index contributed by atoms with van der Waals surface area (Å²) in [5, 5.41) is 0.481. The van der Waals surface area contributed by atoms with E-state index in [4.69, 9.17) is 9.72 Å². The van der Waals surface area contributed by atoms with Crippen molar-refractivity contribution >= 4 is 16.8 Å². The van der Waals surface area contributed by atoms with Gasteiger partial charge in [0.25, 0.3) is 11.5 Å². The molecule has 0 saturated carbocycles. The van der Waals surface area contributed by atoms with Crippen LogP contribution in [0.25, 0.3) is 16.6 Å². The van der Waals surface area contributed by atoms with Crippen LogP contribution in [-0.2, 0) is 0 Å². The molecule has 6 nitrogen and oxygen atoms in total. The normalized spacial score (nSPS) is 12.1. The maximum Gasteiger partial charge on any atom is 0.266 e. The number of ether oxygens (including phenoxy) is 1. The molecular formula is C29H30FN3O3. The smallest absolute Gasteiger partial charge is 0.266 e. The number of para-hydroxylation sites is 1. The topological polar surface area (TPSA) is 64.4 Å². The summed E-state index contributed by atoms with van der Waals surface area (Å²) in [6, 6.07) is 19.4. The van der Waals surface area contributed by atoms with E-state index >= 15 is 0 Å². The van der Waals surface area contributed by atoms with E-state index < -0.39 is 11.9 Å². The van der Waals surface area contributed by atoms with E-state index in [9.17, 15) is 14.0 Å². The predicted octanol–water partition coefficient (Wildman–Crippen LogP) is 5.78. The van der Waals surface area contributed by atoms with Gasteiger partial charge in [0.15, 0.2) is 0 Å². The first-order valence-electron chi connectivity index (χ1n) is 12.0. The molecule has 0 radical (unpaired) electrons. The summed E-state index contributed by atoms with van der Waals surface area (Å²) in [7, 11) is 1.58. The highest BCUT2D eigenvalue weighted by Gasteiger charge is 2.28. The molecule has 36 heavy (non-hydrogen) atoms. The minimum absolute atomic E-state index is 0.227. The van der Waals surface area contributed by atoms with Crippen LogP contribution in [0.2, 0.25) is 0 Å². The summed E-state index contributed by atoms with van der Waals surface area (Å²) in [6.45, 7) is 6.45. The Hall–Kier alpha value is -4.00. The number of benzene rings is 3. The van der Waals surface area contributed by atoms with Gasteiger partial charge in [0.05, 0.1) is 29.7 Å². The predicted molar refractivity (Wildman–Crippen MR) is 139 cm³/mol. The number of methoxy groups -OCH3 is 1. The van der Waals surface area contributed by atoms with Gasteiger partial charge in [-0.1, -0.05) is 32.0 Å². The van der Waals surface area contributed by atoms with Crippen molar-refractivity contribution in [2.24, 2.45) is 5.92 Å². The summed E-state index contributed by atoms with van der Waals surface area (Å²) < 4.78 is 20.8. The first kappa shape index (κ1) is 25.1. The molecule has 0 aliphatic carbocycles. The molecule has 1 aromatic heterocycles. The van der Waals surface area contributed by atoms with Crippen LogP contribution in [-0.4, -0.2) is 34.0 Å². The molecule has 0 aliphatic heterocycles. The van der Waals surface area contributed by atoms with Crippen molar-refractivity contribution in [2.75, 3.05) is 13.7 Å². The average molecular weight is 488 g/mol. The molecule has 0 N–H and O–H groups in total. The molecule has 4 rings (SSSR count). The van der Waals surface area contributed by atoms with Gasteiger partial charge < -0.3 is 9.64 Å². The van der Waals surface area contributed by atoms with Crippen molar-refractivity contribution in [3.8, 4) is 11.4 Å². The Morgan fingerprint density at radius 3 is 2.42 bits per heavy atom. The zero-order valence-corrected chi connectivity index (χ0v) is 20.9. The van der Waals surface area contributed by atoms with Crippen molar-refractivity contribution in [1.82, 2.24) is 14.5 Å². The number of nitrogens with zero attached hydrogens (tertiary/aromatic N) is 3. The first-order chi connectivity index (χ1) is 17.3. The number of hydrogen-bond acceptors (Lipinski definition) is 4. The molecule has 1 amide bonds. The highest BCUT2D eigenvalue weighted by atomic mass is 19.1. The van der Waals surface area contributed by atoms with Crippen molar-refractivity contribution < 1.29 is 13.9 Å². The van der Waals surface area contributed by atoms with Gasteiger partial charge >= 0.3 is 0 Å². The van der Waals surface area contributed by atoms with Gasteiger partial charge in [-0.3, -0.25) is 14.2 Å². The van der Waals surface area contributed by atoms with Crippen molar-refractivity contribution in [3.05, 3.63) is 100 Å². The monoisotopic (exact) mass is 487 g/mol. The number of aromatic nitrogens is 2. The molecule has 0 aliphatic rings. The fraction of sp³-hybridized carbons (Fsp3) is 0.276. The molecule has 0 fully saturated rings. The number of carbonyl (C=O) groups is 1. The fourth-order valence-corrected chi connectivity index (χ4v) is 4.21. The lowest BCUT2D eigenvalue weighted by molar-refractivity contribution is 0.0671. The Morgan fingerprint density at radius 2 is 1.75 bits per heavy atom. The molecule has 1 atom stereocenters. The summed E-state index contributed by atoms with van der Waals surface area (Å²) in [5.41, 5.74) is 1.19. The minimum atomic E-state index is -0.570. The fourth-order valence-electron chi connectivity index (χ4n) is 4.21. The molecule has 7 heteroatoms. The van der Waals surface area contributed by atoms with E-state index in [1.807, 2.05) is 13.0 Å². The lowest BCUT2D eigenvalue weighted by Gasteiger charge is -2.31. The van der Waals surface area contributed by atoms with Gasteiger partial charge in [-0.05, 0) is 73.9 Å². The summed E-state index contributed by atoms with van der Waals surface area (Å²) in [6.07, 6.45) is 0.742. The summed E-state index contributed by atoms with van der Waals surface area (Å²) in [4.78, 5) is 33.9. The highest BCUT2D eigenvalue weighted by molar-refractivity contribution is 5.94. The molecule has 1 heterocycles. The van der Waals surface area contributed by atoms with Gasteiger partial charge in [0.2, 0.25) is 0 Å². The summed E-state index contributed by atoms with van der Waals surface area (Å²) in [5.74, 6) is 0.642. The summed E-state index contributed by atoms with van der Waals surface area (Å²) >= 11 is 0. The molecule has 0 bridgehead atoms. The molecule has 0 spiro atoms. The Balaban J connectivity index is 1.89. The Labute approximate surface area is 210 Å². The van der Waals surface area contributed by atoms with Gasteiger partial charge in [-0.15, -0.1) is 0 Å². The lowest BCUT2D eigenvalue weighted by Crippen LogP contribution is -2.38. The SMILES string of the molecule is COc1ccc(-n2c(C(C)N(CCC(C)C)C(=O)c3cccc(F)c3)nc3ccccc3c2=O)cc1.